The van der Waals surface area contributed by atoms with Gasteiger partial charge in [-0.25, -0.2) is 4.39 Å². The van der Waals surface area contributed by atoms with Gasteiger partial charge in [0.2, 0.25) is 0 Å². The molecule has 110 valence electrons. The highest BCUT2D eigenvalue weighted by Crippen LogP contribution is 2.25. The minimum absolute atomic E-state index is 0.135. The lowest BCUT2D eigenvalue weighted by Gasteiger charge is -2.27. The number of carboxylic acid groups (broad SMARTS) is 1. The van der Waals surface area contributed by atoms with Crippen LogP contribution in [0.1, 0.15) is 31.2 Å². The molecule has 0 spiro atoms. The Labute approximate surface area is 117 Å². The highest BCUT2D eigenvalue weighted by atomic mass is 19.1. The van der Waals surface area contributed by atoms with Gasteiger partial charge in [-0.15, -0.1) is 0 Å². The van der Waals surface area contributed by atoms with Crippen molar-refractivity contribution in [1.82, 2.24) is 5.32 Å². The molecule has 5 heteroatoms. The van der Waals surface area contributed by atoms with Crippen molar-refractivity contribution in [1.29, 1.82) is 0 Å². The van der Waals surface area contributed by atoms with Crippen molar-refractivity contribution in [3.05, 3.63) is 29.6 Å². The van der Waals surface area contributed by atoms with Crippen LogP contribution in [0.2, 0.25) is 0 Å². The summed E-state index contributed by atoms with van der Waals surface area (Å²) in [6.45, 7) is 0.389. The molecular formula is C15H20FNO3. The monoisotopic (exact) mass is 281 g/mol. The van der Waals surface area contributed by atoms with E-state index in [1.807, 2.05) is 0 Å². The molecule has 0 saturated heterocycles. The van der Waals surface area contributed by atoms with Crippen molar-refractivity contribution in [3.8, 4) is 5.75 Å². The number of aliphatic carboxylic acids is 1. The fourth-order valence-electron chi connectivity index (χ4n) is 2.70. The minimum Gasteiger partial charge on any atom is -0.494 e. The molecule has 2 N–H and O–H groups in total. The number of nitrogens with one attached hydrogen (secondary N) is 1. The number of rotatable bonds is 5. The standard InChI is InChI=1S/C15H20FNO3/c1-20-13-7-3-5-11(14(13)16)9-17-12-6-2-4-10(8-12)15(18)19/h3,5,7,10,12,17H,2,4,6,8-9H2,1H3,(H,18,19). The predicted molar refractivity (Wildman–Crippen MR) is 73.2 cm³/mol. The Morgan fingerprint density at radius 2 is 2.30 bits per heavy atom. The number of benzene rings is 1. The highest BCUT2D eigenvalue weighted by Gasteiger charge is 2.26. The van der Waals surface area contributed by atoms with Crippen molar-refractivity contribution in [2.45, 2.75) is 38.3 Å². The molecule has 1 aliphatic rings. The van der Waals surface area contributed by atoms with Gasteiger partial charge >= 0.3 is 5.97 Å². The molecule has 1 aromatic rings. The molecule has 0 amide bonds. The molecule has 0 heterocycles. The number of methoxy groups -OCH3 is 1. The van der Waals surface area contributed by atoms with Crippen LogP contribution in [0.15, 0.2) is 18.2 Å². The first-order valence-corrected chi connectivity index (χ1v) is 6.89. The number of carboxylic acids is 1. The molecule has 1 aromatic carbocycles. The van der Waals surface area contributed by atoms with Gasteiger partial charge in [-0.2, -0.15) is 0 Å². The van der Waals surface area contributed by atoms with Gasteiger partial charge in [0, 0.05) is 18.2 Å². The largest absolute Gasteiger partial charge is 0.494 e. The van der Waals surface area contributed by atoms with E-state index in [1.54, 1.807) is 18.2 Å². The van der Waals surface area contributed by atoms with Crippen LogP contribution in [0, 0.1) is 11.7 Å². The lowest BCUT2D eigenvalue weighted by Crippen LogP contribution is -2.36. The second-order valence-electron chi connectivity index (χ2n) is 5.21. The SMILES string of the molecule is COc1cccc(CNC2CCCC(C(=O)O)C2)c1F. The molecule has 1 aliphatic carbocycles. The molecule has 0 bridgehead atoms. The normalized spacial score (nSPS) is 22.5. The van der Waals surface area contributed by atoms with Crippen LogP contribution in [-0.4, -0.2) is 24.2 Å². The van der Waals surface area contributed by atoms with E-state index in [9.17, 15) is 9.18 Å². The third-order valence-corrected chi connectivity index (χ3v) is 3.87. The van der Waals surface area contributed by atoms with E-state index >= 15 is 0 Å². The number of halogens is 1. The maximum Gasteiger partial charge on any atom is 0.306 e. The summed E-state index contributed by atoms with van der Waals surface area (Å²) in [5.41, 5.74) is 0.543. The molecule has 0 radical (unpaired) electrons. The minimum atomic E-state index is -0.732. The van der Waals surface area contributed by atoms with Crippen LogP contribution in [0.3, 0.4) is 0 Å². The molecule has 0 aromatic heterocycles. The molecule has 0 aliphatic heterocycles. The predicted octanol–water partition coefficient (Wildman–Crippen LogP) is 2.57. The smallest absolute Gasteiger partial charge is 0.306 e. The molecule has 20 heavy (non-hydrogen) atoms. The number of hydrogen-bond donors (Lipinski definition) is 2. The summed E-state index contributed by atoms with van der Waals surface area (Å²) in [5, 5.41) is 12.3. The molecule has 2 atom stereocenters. The Morgan fingerprint density at radius 1 is 1.50 bits per heavy atom. The summed E-state index contributed by atoms with van der Waals surface area (Å²) in [7, 11) is 1.44. The van der Waals surface area contributed by atoms with Gasteiger partial charge in [0.1, 0.15) is 0 Å². The number of hydrogen-bond acceptors (Lipinski definition) is 3. The molecule has 2 rings (SSSR count). The zero-order valence-electron chi connectivity index (χ0n) is 11.6. The third kappa shape index (κ3) is 3.48. The van der Waals surface area contributed by atoms with E-state index in [-0.39, 0.29) is 23.5 Å². The summed E-state index contributed by atoms with van der Waals surface area (Å²) in [6.07, 6.45) is 3.19. The van der Waals surface area contributed by atoms with Crippen LogP contribution in [0.25, 0.3) is 0 Å². The van der Waals surface area contributed by atoms with Crippen molar-refractivity contribution < 1.29 is 19.0 Å². The van der Waals surface area contributed by atoms with Crippen molar-refractivity contribution >= 4 is 5.97 Å². The summed E-state index contributed by atoms with van der Waals surface area (Å²) in [6, 6.07) is 5.18. The average molecular weight is 281 g/mol. The van der Waals surface area contributed by atoms with Crippen molar-refractivity contribution in [2.24, 2.45) is 5.92 Å². The zero-order valence-corrected chi connectivity index (χ0v) is 11.6. The van der Waals surface area contributed by atoms with Crippen molar-refractivity contribution in [2.75, 3.05) is 7.11 Å². The van der Waals surface area contributed by atoms with Crippen molar-refractivity contribution in [3.63, 3.8) is 0 Å². The average Bonchev–Trinajstić information content (AvgIpc) is 2.46. The fraction of sp³-hybridized carbons (Fsp3) is 0.533. The second kappa shape index (κ2) is 6.70. The van der Waals surface area contributed by atoms with Gasteiger partial charge in [-0.3, -0.25) is 4.79 Å². The molecule has 1 saturated carbocycles. The first kappa shape index (κ1) is 14.8. The summed E-state index contributed by atoms with van der Waals surface area (Å²) < 4.78 is 18.9. The molecule has 2 unspecified atom stereocenters. The number of carbonyl (C=O) groups is 1. The van der Waals surface area contributed by atoms with Gasteiger partial charge in [-0.05, 0) is 25.3 Å². The van der Waals surface area contributed by atoms with Crippen LogP contribution in [0.4, 0.5) is 4.39 Å². The Kier molecular flexibility index (Phi) is 4.95. The Balaban J connectivity index is 1.93. The van der Waals surface area contributed by atoms with E-state index < -0.39 is 5.97 Å². The fourth-order valence-corrected chi connectivity index (χ4v) is 2.70. The van der Waals surface area contributed by atoms with Crippen LogP contribution >= 0.6 is 0 Å². The first-order chi connectivity index (χ1) is 9.61. The van der Waals surface area contributed by atoms with E-state index in [4.69, 9.17) is 9.84 Å². The maximum absolute atomic E-state index is 14.0. The third-order valence-electron chi connectivity index (χ3n) is 3.87. The lowest BCUT2D eigenvalue weighted by molar-refractivity contribution is -0.143. The van der Waals surface area contributed by atoms with Gasteiger partial charge in [0.25, 0.3) is 0 Å². The summed E-state index contributed by atoms with van der Waals surface area (Å²) in [4.78, 5) is 11.0. The van der Waals surface area contributed by atoms with Gasteiger partial charge < -0.3 is 15.2 Å². The Morgan fingerprint density at radius 3 is 3.00 bits per heavy atom. The van der Waals surface area contributed by atoms with E-state index in [0.717, 1.165) is 19.3 Å². The van der Waals surface area contributed by atoms with Gasteiger partial charge in [-0.1, -0.05) is 18.6 Å². The van der Waals surface area contributed by atoms with E-state index in [1.165, 1.54) is 7.11 Å². The Bertz CT molecular complexity index is 478. The maximum atomic E-state index is 14.0. The Hall–Kier alpha value is -1.62. The molecule has 1 fully saturated rings. The molecular weight excluding hydrogens is 261 g/mol. The quantitative estimate of drug-likeness (QED) is 0.871. The number of ether oxygens (including phenoxy) is 1. The zero-order chi connectivity index (χ0) is 14.5. The summed E-state index contributed by atoms with van der Waals surface area (Å²) in [5.74, 6) is -1.13. The van der Waals surface area contributed by atoms with Gasteiger partial charge in [0.15, 0.2) is 11.6 Å². The van der Waals surface area contributed by atoms with Crippen LogP contribution < -0.4 is 10.1 Å². The summed E-state index contributed by atoms with van der Waals surface area (Å²) >= 11 is 0. The molecule has 4 nitrogen and oxygen atoms in total. The van der Waals surface area contributed by atoms with E-state index in [2.05, 4.69) is 5.32 Å². The topological polar surface area (TPSA) is 58.6 Å². The van der Waals surface area contributed by atoms with Crippen LogP contribution in [0.5, 0.6) is 5.75 Å². The highest BCUT2D eigenvalue weighted by molar-refractivity contribution is 5.70. The van der Waals surface area contributed by atoms with Crippen LogP contribution in [-0.2, 0) is 11.3 Å². The van der Waals surface area contributed by atoms with Gasteiger partial charge in [0.05, 0.1) is 13.0 Å². The second-order valence-corrected chi connectivity index (χ2v) is 5.21. The first-order valence-electron chi connectivity index (χ1n) is 6.89. The van der Waals surface area contributed by atoms with E-state index in [0.29, 0.717) is 18.5 Å². The lowest BCUT2D eigenvalue weighted by atomic mass is 9.86.